The summed E-state index contributed by atoms with van der Waals surface area (Å²) in [7, 11) is 1.93. The molecule has 0 amide bonds. The summed E-state index contributed by atoms with van der Waals surface area (Å²) in [6.45, 7) is 6.43. The number of nitrogens with zero attached hydrogens (tertiary/aromatic N) is 2. The van der Waals surface area contributed by atoms with Crippen LogP contribution in [0.2, 0.25) is 0 Å². The van der Waals surface area contributed by atoms with Crippen molar-refractivity contribution in [1.29, 1.82) is 0 Å². The Morgan fingerprint density at radius 3 is 2.32 bits per heavy atom. The fourth-order valence-electron chi connectivity index (χ4n) is 2.38. The molecule has 1 unspecified atom stereocenters. The van der Waals surface area contributed by atoms with Crippen molar-refractivity contribution in [2.24, 2.45) is 12.8 Å². The Balaban J connectivity index is 2.10. The fourth-order valence-corrected chi connectivity index (χ4v) is 2.38. The van der Waals surface area contributed by atoms with E-state index in [1.54, 1.807) is 0 Å². The van der Waals surface area contributed by atoms with Crippen molar-refractivity contribution in [3.05, 3.63) is 52.8 Å². The maximum atomic E-state index is 6.29. The summed E-state index contributed by atoms with van der Waals surface area (Å²) in [6, 6.07) is 8.77. The molecular weight excluding hydrogens is 234 g/mol. The van der Waals surface area contributed by atoms with Crippen molar-refractivity contribution in [3.8, 4) is 0 Å². The van der Waals surface area contributed by atoms with Crippen LogP contribution in [0.25, 0.3) is 0 Å². The first-order chi connectivity index (χ1) is 8.97. The number of rotatable bonds is 4. The Morgan fingerprint density at radius 1 is 1.21 bits per heavy atom. The van der Waals surface area contributed by atoms with E-state index in [0.29, 0.717) is 5.92 Å². The first-order valence-corrected chi connectivity index (χ1v) is 6.82. The summed E-state index contributed by atoms with van der Waals surface area (Å²) < 4.78 is 1.83. The highest BCUT2D eigenvalue weighted by molar-refractivity contribution is 5.28. The molecule has 0 aliphatic heterocycles. The second kappa shape index (κ2) is 5.57. The summed E-state index contributed by atoms with van der Waals surface area (Å²) in [5.74, 6) is 0.572. The molecule has 19 heavy (non-hydrogen) atoms. The van der Waals surface area contributed by atoms with E-state index in [1.807, 2.05) is 24.9 Å². The highest BCUT2D eigenvalue weighted by Crippen LogP contribution is 2.20. The molecule has 1 heterocycles. The standard InChI is InChI=1S/C16H23N3/c1-11(2)14-7-5-13(6-8-14)9-16(17)15-10-19(4)18-12(15)3/h5-8,10-11,16H,9,17H2,1-4H3. The van der Waals surface area contributed by atoms with Gasteiger partial charge in [0.15, 0.2) is 0 Å². The summed E-state index contributed by atoms with van der Waals surface area (Å²) in [6.07, 6.45) is 2.87. The Labute approximate surface area is 115 Å². The number of nitrogens with two attached hydrogens (primary N) is 1. The number of hydrogen-bond donors (Lipinski definition) is 1. The van der Waals surface area contributed by atoms with Crippen LogP contribution >= 0.6 is 0 Å². The third kappa shape index (κ3) is 3.24. The molecule has 0 saturated carbocycles. The predicted molar refractivity (Wildman–Crippen MR) is 79.1 cm³/mol. The zero-order valence-electron chi connectivity index (χ0n) is 12.2. The van der Waals surface area contributed by atoms with Crippen molar-refractivity contribution in [1.82, 2.24) is 9.78 Å². The van der Waals surface area contributed by atoms with Gasteiger partial charge < -0.3 is 5.73 Å². The Morgan fingerprint density at radius 2 is 1.84 bits per heavy atom. The predicted octanol–water partition coefficient (Wildman–Crippen LogP) is 3.09. The monoisotopic (exact) mass is 257 g/mol. The van der Waals surface area contributed by atoms with Crippen LogP contribution in [0.1, 0.15) is 48.2 Å². The minimum absolute atomic E-state index is 0.0126. The van der Waals surface area contributed by atoms with Crippen LogP contribution in [0.5, 0.6) is 0 Å². The van der Waals surface area contributed by atoms with Crippen molar-refractivity contribution < 1.29 is 0 Å². The van der Waals surface area contributed by atoms with Gasteiger partial charge in [-0.25, -0.2) is 0 Å². The Bertz CT molecular complexity index is 538. The van der Waals surface area contributed by atoms with Gasteiger partial charge in [0.05, 0.1) is 5.69 Å². The van der Waals surface area contributed by atoms with E-state index in [0.717, 1.165) is 17.7 Å². The highest BCUT2D eigenvalue weighted by Gasteiger charge is 2.13. The van der Waals surface area contributed by atoms with E-state index in [9.17, 15) is 0 Å². The molecule has 0 fully saturated rings. The summed E-state index contributed by atoms with van der Waals surface area (Å²) in [5.41, 5.74) is 11.1. The minimum Gasteiger partial charge on any atom is -0.324 e. The molecule has 0 saturated heterocycles. The van der Waals surface area contributed by atoms with Gasteiger partial charge in [0.25, 0.3) is 0 Å². The smallest absolute Gasteiger partial charge is 0.0641 e. The second-order valence-corrected chi connectivity index (χ2v) is 5.55. The van der Waals surface area contributed by atoms with Gasteiger partial charge in [-0.1, -0.05) is 38.1 Å². The van der Waals surface area contributed by atoms with Crippen molar-refractivity contribution in [2.45, 2.75) is 39.2 Å². The maximum absolute atomic E-state index is 6.29. The molecule has 3 heteroatoms. The van der Waals surface area contributed by atoms with Crippen LogP contribution in [0.15, 0.2) is 30.5 Å². The lowest BCUT2D eigenvalue weighted by molar-refractivity contribution is 0.714. The average molecular weight is 257 g/mol. The molecule has 2 N–H and O–H groups in total. The van der Waals surface area contributed by atoms with Crippen LogP contribution in [-0.2, 0) is 13.5 Å². The molecule has 2 rings (SSSR count). The van der Waals surface area contributed by atoms with Crippen molar-refractivity contribution in [2.75, 3.05) is 0 Å². The molecular formula is C16H23N3. The Hall–Kier alpha value is -1.61. The third-order valence-corrected chi connectivity index (χ3v) is 3.55. The Kier molecular flexibility index (Phi) is 4.05. The average Bonchev–Trinajstić information content (AvgIpc) is 2.69. The molecule has 2 aromatic rings. The van der Waals surface area contributed by atoms with Gasteiger partial charge in [-0.3, -0.25) is 4.68 Å². The van der Waals surface area contributed by atoms with E-state index in [1.165, 1.54) is 11.1 Å². The minimum atomic E-state index is 0.0126. The molecule has 3 nitrogen and oxygen atoms in total. The van der Waals surface area contributed by atoms with Gasteiger partial charge in [0, 0.05) is 24.8 Å². The lowest BCUT2D eigenvalue weighted by atomic mass is 9.97. The lowest BCUT2D eigenvalue weighted by Gasteiger charge is -2.12. The van der Waals surface area contributed by atoms with Crippen molar-refractivity contribution in [3.63, 3.8) is 0 Å². The van der Waals surface area contributed by atoms with Gasteiger partial charge in [-0.15, -0.1) is 0 Å². The summed E-state index contributed by atoms with van der Waals surface area (Å²) in [5, 5.41) is 4.35. The zero-order chi connectivity index (χ0) is 14.0. The first-order valence-electron chi connectivity index (χ1n) is 6.82. The molecule has 1 aromatic heterocycles. The number of aryl methyl sites for hydroxylation is 2. The molecule has 0 radical (unpaired) electrons. The normalized spacial score (nSPS) is 12.9. The number of hydrogen-bond acceptors (Lipinski definition) is 2. The maximum Gasteiger partial charge on any atom is 0.0641 e. The summed E-state index contributed by atoms with van der Waals surface area (Å²) >= 11 is 0. The van der Waals surface area contributed by atoms with Crippen LogP contribution in [-0.4, -0.2) is 9.78 Å². The van der Waals surface area contributed by atoms with E-state index in [2.05, 4.69) is 43.2 Å². The summed E-state index contributed by atoms with van der Waals surface area (Å²) in [4.78, 5) is 0. The van der Waals surface area contributed by atoms with Gasteiger partial charge in [0.1, 0.15) is 0 Å². The molecule has 0 spiro atoms. The van der Waals surface area contributed by atoms with Crippen molar-refractivity contribution >= 4 is 0 Å². The molecule has 1 atom stereocenters. The van der Waals surface area contributed by atoms with Crippen LogP contribution in [0.3, 0.4) is 0 Å². The fraction of sp³-hybridized carbons (Fsp3) is 0.438. The molecule has 102 valence electrons. The van der Waals surface area contributed by atoms with E-state index < -0.39 is 0 Å². The van der Waals surface area contributed by atoms with Gasteiger partial charge in [-0.05, 0) is 30.4 Å². The van der Waals surface area contributed by atoms with Gasteiger partial charge in [-0.2, -0.15) is 5.10 Å². The zero-order valence-corrected chi connectivity index (χ0v) is 12.2. The first kappa shape index (κ1) is 13.8. The van der Waals surface area contributed by atoms with Crippen LogP contribution < -0.4 is 5.73 Å². The van der Waals surface area contributed by atoms with E-state index in [4.69, 9.17) is 5.73 Å². The van der Waals surface area contributed by atoms with Crippen LogP contribution in [0, 0.1) is 6.92 Å². The van der Waals surface area contributed by atoms with Gasteiger partial charge >= 0.3 is 0 Å². The largest absolute Gasteiger partial charge is 0.324 e. The third-order valence-electron chi connectivity index (χ3n) is 3.55. The lowest BCUT2D eigenvalue weighted by Crippen LogP contribution is -2.13. The van der Waals surface area contributed by atoms with E-state index in [-0.39, 0.29) is 6.04 Å². The number of aromatic nitrogens is 2. The number of benzene rings is 1. The highest BCUT2D eigenvalue weighted by atomic mass is 15.2. The molecule has 0 aliphatic rings. The molecule has 1 aromatic carbocycles. The van der Waals surface area contributed by atoms with Crippen LogP contribution in [0.4, 0.5) is 0 Å². The van der Waals surface area contributed by atoms with E-state index >= 15 is 0 Å². The molecule has 0 aliphatic carbocycles. The second-order valence-electron chi connectivity index (χ2n) is 5.55. The molecule has 0 bridgehead atoms. The SMILES string of the molecule is Cc1nn(C)cc1C(N)Cc1ccc(C(C)C)cc1. The topological polar surface area (TPSA) is 43.8 Å². The quantitative estimate of drug-likeness (QED) is 0.914. The van der Waals surface area contributed by atoms with Gasteiger partial charge in [0.2, 0.25) is 0 Å².